The van der Waals surface area contributed by atoms with Crippen LogP contribution >= 0.6 is 0 Å². The molecule has 0 saturated heterocycles. The van der Waals surface area contributed by atoms with Gasteiger partial charge in [0.1, 0.15) is 11.5 Å². The number of halogens is 1. The number of aromatic nitrogens is 2. The zero-order chi connectivity index (χ0) is 20.3. The summed E-state index contributed by atoms with van der Waals surface area (Å²) in [6, 6.07) is 13.8. The lowest BCUT2D eigenvalue weighted by molar-refractivity contribution is 0.0943. The van der Waals surface area contributed by atoms with E-state index < -0.39 is 0 Å². The Hall–Kier alpha value is -2.99. The maximum absolute atomic E-state index is 13.3. The van der Waals surface area contributed by atoms with E-state index >= 15 is 0 Å². The molecule has 0 aliphatic heterocycles. The number of likely N-dealkylation sites (N-methyl/N-ethyl adjacent to an activating group) is 1. The third kappa shape index (κ3) is 4.46. The molecule has 0 fully saturated rings. The van der Waals surface area contributed by atoms with E-state index in [2.05, 4.69) is 23.4 Å². The summed E-state index contributed by atoms with van der Waals surface area (Å²) < 4.78 is 14.9. The Morgan fingerprint density at radius 1 is 1.07 bits per heavy atom. The van der Waals surface area contributed by atoms with Crippen molar-refractivity contribution in [3.8, 4) is 16.9 Å². The van der Waals surface area contributed by atoms with Gasteiger partial charge in [0, 0.05) is 18.7 Å². The van der Waals surface area contributed by atoms with E-state index in [9.17, 15) is 9.18 Å². The molecule has 0 aliphatic carbocycles. The quantitative estimate of drug-likeness (QED) is 0.711. The molecule has 0 spiro atoms. The van der Waals surface area contributed by atoms with E-state index in [4.69, 9.17) is 0 Å². The van der Waals surface area contributed by atoms with Gasteiger partial charge >= 0.3 is 0 Å². The van der Waals surface area contributed by atoms with E-state index in [1.165, 1.54) is 17.7 Å². The van der Waals surface area contributed by atoms with Crippen LogP contribution < -0.4 is 5.32 Å². The van der Waals surface area contributed by atoms with Crippen molar-refractivity contribution in [2.75, 3.05) is 27.2 Å². The van der Waals surface area contributed by atoms with Crippen molar-refractivity contribution in [1.29, 1.82) is 0 Å². The molecule has 1 N–H and O–H groups in total. The number of hydrogen-bond donors (Lipinski definition) is 1. The fourth-order valence-corrected chi connectivity index (χ4v) is 2.85. The topological polar surface area (TPSA) is 50.2 Å². The number of nitrogens with zero attached hydrogens (tertiary/aromatic N) is 3. The van der Waals surface area contributed by atoms with Crippen LogP contribution in [0.2, 0.25) is 0 Å². The summed E-state index contributed by atoms with van der Waals surface area (Å²) >= 11 is 0. The highest BCUT2D eigenvalue weighted by atomic mass is 19.1. The molecule has 3 rings (SSSR count). The summed E-state index contributed by atoms with van der Waals surface area (Å²) in [4.78, 5) is 14.8. The largest absolute Gasteiger partial charge is 0.349 e. The summed E-state index contributed by atoms with van der Waals surface area (Å²) in [5.41, 5.74) is 5.04. The molecule has 1 heterocycles. The van der Waals surface area contributed by atoms with Crippen LogP contribution in [0.4, 0.5) is 4.39 Å². The number of benzene rings is 2. The van der Waals surface area contributed by atoms with Gasteiger partial charge < -0.3 is 10.2 Å². The highest BCUT2D eigenvalue weighted by molar-refractivity contribution is 5.94. The average Bonchev–Trinajstić information content (AvgIpc) is 3.09. The average molecular weight is 380 g/mol. The number of hydrogen-bond acceptors (Lipinski definition) is 3. The smallest absolute Gasteiger partial charge is 0.270 e. The van der Waals surface area contributed by atoms with Gasteiger partial charge in [0.05, 0.1) is 11.4 Å². The Morgan fingerprint density at radius 3 is 2.43 bits per heavy atom. The third-order valence-electron chi connectivity index (χ3n) is 4.66. The lowest BCUT2D eigenvalue weighted by atomic mass is 10.0. The zero-order valence-corrected chi connectivity index (χ0v) is 16.7. The molecule has 0 atom stereocenters. The lowest BCUT2D eigenvalue weighted by Crippen LogP contribution is -2.32. The van der Waals surface area contributed by atoms with Gasteiger partial charge in [0.25, 0.3) is 5.91 Å². The predicted molar refractivity (Wildman–Crippen MR) is 109 cm³/mol. The highest BCUT2D eigenvalue weighted by Crippen LogP contribution is 2.24. The summed E-state index contributed by atoms with van der Waals surface area (Å²) in [6.07, 6.45) is 0. The molecule has 5 nitrogen and oxygen atoms in total. The molecular formula is C22H25FN4O. The van der Waals surface area contributed by atoms with Gasteiger partial charge in [-0.05, 0) is 75.5 Å². The van der Waals surface area contributed by atoms with E-state index in [1.54, 1.807) is 22.9 Å². The van der Waals surface area contributed by atoms with Crippen molar-refractivity contribution < 1.29 is 9.18 Å². The second kappa shape index (κ2) is 8.35. The standard InChI is InChI=1S/C22H25FN4O/c1-15-5-6-17(13-16(15)2)20-14-21(22(28)24-11-12-26(3)4)27(25-20)19-9-7-18(23)8-10-19/h5-10,13-14H,11-12H2,1-4H3,(H,24,28). The van der Waals surface area contributed by atoms with Gasteiger partial charge in [-0.15, -0.1) is 0 Å². The number of aryl methyl sites for hydroxylation is 2. The van der Waals surface area contributed by atoms with Gasteiger partial charge in [0.2, 0.25) is 0 Å². The fraction of sp³-hybridized carbons (Fsp3) is 0.273. The van der Waals surface area contributed by atoms with Crippen LogP contribution in [0, 0.1) is 19.7 Å². The second-order valence-electron chi connectivity index (χ2n) is 7.16. The van der Waals surface area contributed by atoms with Crippen molar-refractivity contribution in [2.24, 2.45) is 0 Å². The van der Waals surface area contributed by atoms with Crippen molar-refractivity contribution in [3.05, 3.63) is 71.2 Å². The molecule has 0 unspecified atom stereocenters. The van der Waals surface area contributed by atoms with Crippen LogP contribution in [0.5, 0.6) is 0 Å². The molecule has 1 amide bonds. The molecule has 0 aliphatic rings. The molecule has 2 aromatic carbocycles. The van der Waals surface area contributed by atoms with Gasteiger partial charge in [-0.1, -0.05) is 12.1 Å². The molecule has 6 heteroatoms. The van der Waals surface area contributed by atoms with Crippen LogP contribution in [0.3, 0.4) is 0 Å². The number of rotatable bonds is 6. The van der Waals surface area contributed by atoms with Crippen LogP contribution in [-0.2, 0) is 0 Å². The normalized spacial score (nSPS) is 11.1. The van der Waals surface area contributed by atoms with E-state index in [0.29, 0.717) is 23.6 Å². The molecule has 0 saturated carbocycles. The summed E-state index contributed by atoms with van der Waals surface area (Å²) in [5, 5.41) is 7.56. The monoisotopic (exact) mass is 380 g/mol. The molecular weight excluding hydrogens is 355 g/mol. The number of carbonyl (C=O) groups excluding carboxylic acids is 1. The first-order valence-corrected chi connectivity index (χ1v) is 9.21. The lowest BCUT2D eigenvalue weighted by Gasteiger charge is -2.11. The first-order chi connectivity index (χ1) is 13.3. The Balaban J connectivity index is 2.00. The van der Waals surface area contributed by atoms with Crippen molar-refractivity contribution >= 4 is 5.91 Å². The second-order valence-corrected chi connectivity index (χ2v) is 7.16. The Morgan fingerprint density at radius 2 is 1.79 bits per heavy atom. The summed E-state index contributed by atoms with van der Waals surface area (Å²) in [5.74, 6) is -0.545. The third-order valence-corrected chi connectivity index (χ3v) is 4.66. The van der Waals surface area contributed by atoms with Gasteiger partial charge in [0.15, 0.2) is 0 Å². The predicted octanol–water partition coefficient (Wildman–Crippen LogP) is 3.59. The van der Waals surface area contributed by atoms with Gasteiger partial charge in [-0.25, -0.2) is 9.07 Å². The first-order valence-electron chi connectivity index (χ1n) is 9.21. The molecule has 1 aromatic heterocycles. The van der Waals surface area contributed by atoms with E-state index in [0.717, 1.165) is 17.7 Å². The first kappa shape index (κ1) is 19.8. The molecule has 28 heavy (non-hydrogen) atoms. The Kier molecular flexibility index (Phi) is 5.90. The van der Waals surface area contributed by atoms with E-state index in [-0.39, 0.29) is 11.7 Å². The fourth-order valence-electron chi connectivity index (χ4n) is 2.85. The zero-order valence-electron chi connectivity index (χ0n) is 16.7. The van der Waals surface area contributed by atoms with Crippen molar-refractivity contribution in [2.45, 2.75) is 13.8 Å². The molecule has 0 radical (unpaired) electrons. The minimum Gasteiger partial charge on any atom is -0.349 e. The minimum absolute atomic E-state index is 0.214. The van der Waals surface area contributed by atoms with E-state index in [1.807, 2.05) is 38.1 Å². The molecule has 146 valence electrons. The summed E-state index contributed by atoms with van der Waals surface area (Å²) in [6.45, 7) is 5.37. The van der Waals surface area contributed by atoms with Crippen LogP contribution in [0.25, 0.3) is 16.9 Å². The van der Waals surface area contributed by atoms with Gasteiger partial charge in [-0.3, -0.25) is 4.79 Å². The van der Waals surface area contributed by atoms with Crippen LogP contribution in [0.1, 0.15) is 21.6 Å². The maximum atomic E-state index is 13.3. The van der Waals surface area contributed by atoms with Crippen LogP contribution in [-0.4, -0.2) is 47.8 Å². The highest BCUT2D eigenvalue weighted by Gasteiger charge is 2.18. The molecule has 0 bridgehead atoms. The van der Waals surface area contributed by atoms with Crippen molar-refractivity contribution in [3.63, 3.8) is 0 Å². The van der Waals surface area contributed by atoms with Crippen LogP contribution in [0.15, 0.2) is 48.5 Å². The maximum Gasteiger partial charge on any atom is 0.270 e. The van der Waals surface area contributed by atoms with Crippen molar-refractivity contribution in [1.82, 2.24) is 20.0 Å². The van der Waals surface area contributed by atoms with Gasteiger partial charge in [-0.2, -0.15) is 5.10 Å². The summed E-state index contributed by atoms with van der Waals surface area (Å²) in [7, 11) is 3.90. The number of amides is 1. The Labute approximate surface area is 164 Å². The number of carbonyl (C=O) groups is 1. The Bertz CT molecular complexity index is 977. The number of nitrogens with one attached hydrogen (secondary N) is 1. The minimum atomic E-state index is -0.331. The SMILES string of the molecule is Cc1ccc(-c2cc(C(=O)NCCN(C)C)n(-c3ccc(F)cc3)n2)cc1C. The molecule has 3 aromatic rings.